The molecule has 0 saturated carbocycles. The van der Waals surface area contributed by atoms with E-state index in [1.165, 1.54) is 31.2 Å². The fourth-order valence-electron chi connectivity index (χ4n) is 1.49. The second-order valence-corrected chi connectivity index (χ2v) is 3.86. The Morgan fingerprint density at radius 2 is 1.84 bits per heavy atom. The number of ether oxygens (including phenoxy) is 2. The number of carbonyl (C=O) groups is 1. The number of carbonyl (C=O) groups excluding carboxylic acids is 1. The molecule has 106 valence electrons. The van der Waals surface area contributed by atoms with Crippen molar-refractivity contribution >= 4 is 5.97 Å². The summed E-state index contributed by atoms with van der Waals surface area (Å²) in [4.78, 5) is 11.3. The maximum Gasteiger partial charge on any atom is 0.418 e. The van der Waals surface area contributed by atoms with Gasteiger partial charge in [-0.25, -0.2) is 4.79 Å². The first-order valence-electron chi connectivity index (χ1n) is 5.80. The predicted molar refractivity (Wildman–Crippen MR) is 62.4 cm³/mol. The van der Waals surface area contributed by atoms with E-state index in [2.05, 4.69) is 4.74 Å². The lowest BCUT2D eigenvalue weighted by Crippen LogP contribution is -2.32. The minimum Gasteiger partial charge on any atom is -0.464 e. The summed E-state index contributed by atoms with van der Waals surface area (Å²) < 4.78 is 48.3. The largest absolute Gasteiger partial charge is 0.464 e. The molecule has 0 aliphatic carbocycles. The topological polar surface area (TPSA) is 35.5 Å². The van der Waals surface area contributed by atoms with E-state index in [9.17, 15) is 18.0 Å². The van der Waals surface area contributed by atoms with Crippen LogP contribution in [0.2, 0.25) is 0 Å². The second kappa shape index (κ2) is 6.56. The molecule has 19 heavy (non-hydrogen) atoms. The first-order chi connectivity index (χ1) is 8.86. The number of rotatable bonds is 5. The molecule has 0 N–H and O–H groups in total. The molecule has 0 heterocycles. The van der Waals surface area contributed by atoms with Crippen LogP contribution in [0, 0.1) is 0 Å². The van der Waals surface area contributed by atoms with Crippen LogP contribution in [0.3, 0.4) is 0 Å². The minimum atomic E-state index is -4.60. The Kier molecular flexibility index (Phi) is 5.35. The smallest absolute Gasteiger partial charge is 0.418 e. The van der Waals surface area contributed by atoms with Gasteiger partial charge >= 0.3 is 12.1 Å². The van der Waals surface area contributed by atoms with Crippen LogP contribution in [0.15, 0.2) is 30.3 Å². The molecule has 0 amide bonds. The van der Waals surface area contributed by atoms with Crippen LogP contribution in [0.5, 0.6) is 0 Å². The van der Waals surface area contributed by atoms with Gasteiger partial charge in [-0.05, 0) is 19.4 Å². The minimum absolute atomic E-state index is 0.0499. The summed E-state index contributed by atoms with van der Waals surface area (Å²) in [6.45, 7) is 2.90. The van der Waals surface area contributed by atoms with E-state index in [4.69, 9.17) is 4.74 Å². The van der Waals surface area contributed by atoms with Gasteiger partial charge in [-0.3, -0.25) is 0 Å². The summed E-state index contributed by atoms with van der Waals surface area (Å²) in [5.74, 6) is -0.812. The first kappa shape index (κ1) is 15.5. The monoisotopic (exact) mass is 276 g/mol. The average Bonchev–Trinajstić information content (AvgIpc) is 2.35. The number of hydrogen-bond acceptors (Lipinski definition) is 3. The van der Waals surface area contributed by atoms with Crippen LogP contribution in [0.1, 0.15) is 25.5 Å². The molecule has 0 bridgehead atoms. The molecule has 0 aliphatic heterocycles. The highest BCUT2D eigenvalue weighted by molar-refractivity contribution is 5.74. The summed E-state index contributed by atoms with van der Waals surface area (Å²) in [5, 5.41) is 0. The molecule has 3 nitrogen and oxygen atoms in total. The van der Waals surface area contributed by atoms with Crippen molar-refractivity contribution in [1.29, 1.82) is 0 Å². The van der Waals surface area contributed by atoms with Gasteiger partial charge in [0.2, 0.25) is 0 Å². The van der Waals surface area contributed by atoms with E-state index >= 15 is 0 Å². The highest BCUT2D eigenvalue weighted by atomic mass is 19.4. The lowest BCUT2D eigenvalue weighted by Gasteiger charge is -2.24. The zero-order valence-corrected chi connectivity index (χ0v) is 10.6. The molecule has 6 heteroatoms. The van der Waals surface area contributed by atoms with E-state index in [1.54, 1.807) is 13.0 Å². The molecule has 0 aliphatic rings. The first-order valence-corrected chi connectivity index (χ1v) is 5.80. The summed E-state index contributed by atoms with van der Waals surface area (Å²) >= 11 is 0. The van der Waals surface area contributed by atoms with Gasteiger partial charge < -0.3 is 9.47 Å². The Labute approximate surface area is 109 Å². The van der Waals surface area contributed by atoms with Gasteiger partial charge in [0.15, 0.2) is 12.2 Å². The molecule has 1 aromatic rings. The molecule has 1 rings (SSSR count). The number of alkyl halides is 3. The number of esters is 1. The molecule has 2 atom stereocenters. The molecule has 0 radical (unpaired) electrons. The molecule has 1 aromatic carbocycles. The quantitative estimate of drug-likeness (QED) is 0.774. The van der Waals surface area contributed by atoms with Crippen LogP contribution < -0.4 is 0 Å². The van der Waals surface area contributed by atoms with Crippen molar-refractivity contribution in [2.45, 2.75) is 32.2 Å². The van der Waals surface area contributed by atoms with E-state index in [1.807, 2.05) is 0 Å². The molecular weight excluding hydrogens is 261 g/mol. The third-order valence-corrected chi connectivity index (χ3v) is 2.36. The van der Waals surface area contributed by atoms with Crippen LogP contribution in [-0.4, -0.2) is 24.9 Å². The van der Waals surface area contributed by atoms with Crippen LogP contribution in [0.25, 0.3) is 0 Å². The predicted octanol–water partition coefficient (Wildman–Crippen LogP) is 3.26. The van der Waals surface area contributed by atoms with Crippen LogP contribution in [0.4, 0.5) is 13.2 Å². The van der Waals surface area contributed by atoms with Crippen molar-refractivity contribution in [3.05, 3.63) is 35.9 Å². The lowest BCUT2D eigenvalue weighted by molar-refractivity contribution is -0.237. The van der Waals surface area contributed by atoms with Gasteiger partial charge in [-0.15, -0.1) is 0 Å². The third-order valence-electron chi connectivity index (χ3n) is 2.36. The lowest BCUT2D eigenvalue weighted by atomic mass is 10.1. The van der Waals surface area contributed by atoms with Crippen LogP contribution >= 0.6 is 0 Å². The van der Waals surface area contributed by atoms with Crippen molar-refractivity contribution < 1.29 is 27.4 Å². The zero-order chi connectivity index (χ0) is 14.5. The van der Waals surface area contributed by atoms with Crippen molar-refractivity contribution in [3.63, 3.8) is 0 Å². The number of halogens is 3. The van der Waals surface area contributed by atoms with E-state index < -0.39 is 24.4 Å². The Bertz CT molecular complexity index is 403. The molecular formula is C13H15F3O3. The molecule has 0 fully saturated rings. The normalized spacial score (nSPS) is 14.8. The van der Waals surface area contributed by atoms with E-state index in [0.717, 1.165) is 0 Å². The van der Waals surface area contributed by atoms with Crippen molar-refractivity contribution in [3.8, 4) is 0 Å². The Balaban J connectivity index is 2.86. The van der Waals surface area contributed by atoms with E-state index in [-0.39, 0.29) is 12.2 Å². The van der Waals surface area contributed by atoms with Gasteiger partial charge in [0.1, 0.15) is 0 Å². The number of benzene rings is 1. The van der Waals surface area contributed by atoms with Gasteiger partial charge in [-0.2, -0.15) is 13.2 Å². The highest BCUT2D eigenvalue weighted by Gasteiger charge is 2.43. The Morgan fingerprint density at radius 3 is 2.32 bits per heavy atom. The fourth-order valence-corrected chi connectivity index (χ4v) is 1.49. The zero-order valence-electron chi connectivity index (χ0n) is 10.6. The van der Waals surface area contributed by atoms with Crippen LogP contribution in [-0.2, 0) is 14.3 Å². The fraction of sp³-hybridized carbons (Fsp3) is 0.462. The summed E-state index contributed by atoms with van der Waals surface area (Å²) in [6.07, 6.45) is -8.03. The maximum atomic E-state index is 12.9. The van der Waals surface area contributed by atoms with E-state index in [0.29, 0.717) is 0 Å². The third kappa shape index (κ3) is 4.55. The van der Waals surface area contributed by atoms with Crippen molar-refractivity contribution in [1.82, 2.24) is 0 Å². The SMILES string of the molecule is CCOC(=O)C(C)OC(c1ccccc1)C(F)(F)F. The Morgan fingerprint density at radius 1 is 1.26 bits per heavy atom. The summed E-state index contributed by atoms with van der Waals surface area (Å²) in [6, 6.07) is 7.16. The average molecular weight is 276 g/mol. The van der Waals surface area contributed by atoms with Gasteiger partial charge in [-0.1, -0.05) is 30.3 Å². The van der Waals surface area contributed by atoms with Gasteiger partial charge in [0.25, 0.3) is 0 Å². The molecule has 0 aromatic heterocycles. The van der Waals surface area contributed by atoms with Crippen molar-refractivity contribution in [2.24, 2.45) is 0 Å². The van der Waals surface area contributed by atoms with Gasteiger partial charge in [0, 0.05) is 0 Å². The molecule has 0 saturated heterocycles. The summed E-state index contributed by atoms with van der Waals surface area (Å²) in [7, 11) is 0. The summed E-state index contributed by atoms with van der Waals surface area (Å²) in [5.41, 5.74) is -0.0499. The maximum absolute atomic E-state index is 12.9. The Hall–Kier alpha value is -1.56. The standard InChI is InChI=1S/C13H15F3O3/c1-3-18-12(17)9(2)19-11(13(14,15)16)10-7-5-4-6-8-10/h4-9,11H,3H2,1-2H3. The van der Waals surface area contributed by atoms with Gasteiger partial charge in [0.05, 0.1) is 6.61 Å². The second-order valence-electron chi connectivity index (χ2n) is 3.86. The molecule has 2 unspecified atom stereocenters. The molecule has 0 spiro atoms. The van der Waals surface area contributed by atoms with Crippen molar-refractivity contribution in [2.75, 3.05) is 6.61 Å². The number of hydrogen-bond donors (Lipinski definition) is 0. The highest BCUT2D eigenvalue weighted by Crippen LogP contribution is 2.36.